The van der Waals surface area contributed by atoms with Crippen LogP contribution in [0.3, 0.4) is 0 Å². The van der Waals surface area contributed by atoms with E-state index in [2.05, 4.69) is 12.2 Å². The highest BCUT2D eigenvalue weighted by Crippen LogP contribution is 2.27. The molecule has 5 N–H and O–H groups in total. The number of nitrogens with one attached hydrogen (secondary N) is 1. The zero-order valence-electron chi connectivity index (χ0n) is 11.0. The normalized spacial score (nSPS) is 23.5. The minimum Gasteiger partial charge on any atom is -0.504 e. The van der Waals surface area contributed by atoms with Gasteiger partial charge in [0.2, 0.25) is 5.91 Å². The fourth-order valence-electron chi connectivity index (χ4n) is 2.37. The fraction of sp³-hybridized carbons (Fsp3) is 0.500. The first kappa shape index (κ1) is 13.7. The van der Waals surface area contributed by atoms with Crippen LogP contribution in [0.15, 0.2) is 18.2 Å². The van der Waals surface area contributed by atoms with Gasteiger partial charge in [0, 0.05) is 6.04 Å². The van der Waals surface area contributed by atoms with Crippen LogP contribution in [0.1, 0.15) is 25.3 Å². The molecule has 5 nitrogen and oxygen atoms in total. The average molecular weight is 264 g/mol. The van der Waals surface area contributed by atoms with Crippen molar-refractivity contribution >= 4 is 5.91 Å². The Balaban J connectivity index is 1.87. The van der Waals surface area contributed by atoms with E-state index in [9.17, 15) is 15.0 Å². The Kier molecular flexibility index (Phi) is 3.95. The van der Waals surface area contributed by atoms with Gasteiger partial charge < -0.3 is 21.3 Å². The maximum Gasteiger partial charge on any atom is 0.237 e. The van der Waals surface area contributed by atoms with Crippen molar-refractivity contribution < 1.29 is 15.0 Å². The van der Waals surface area contributed by atoms with Gasteiger partial charge in [0.25, 0.3) is 0 Å². The van der Waals surface area contributed by atoms with Crippen molar-refractivity contribution in [3.63, 3.8) is 0 Å². The standard InChI is InChI=1S/C14H20N2O3/c1-8-4-10(5-8)16-14(19)11(15)6-9-2-3-12(17)13(18)7-9/h2-3,7-8,10-11,17-18H,4-6,15H2,1H3,(H,16,19)/t8?,10?,11-/m0/s1. The second kappa shape index (κ2) is 5.48. The number of hydrogen-bond acceptors (Lipinski definition) is 4. The third kappa shape index (κ3) is 3.38. The predicted molar refractivity (Wildman–Crippen MR) is 71.8 cm³/mol. The van der Waals surface area contributed by atoms with Gasteiger partial charge in [0.15, 0.2) is 11.5 Å². The molecule has 0 heterocycles. The average Bonchev–Trinajstić information content (AvgIpc) is 2.31. The van der Waals surface area contributed by atoms with Gasteiger partial charge in [-0.2, -0.15) is 0 Å². The molecule has 1 aliphatic carbocycles. The molecule has 0 radical (unpaired) electrons. The van der Waals surface area contributed by atoms with Crippen LogP contribution in [0.4, 0.5) is 0 Å². The van der Waals surface area contributed by atoms with Crippen LogP contribution in [0.2, 0.25) is 0 Å². The summed E-state index contributed by atoms with van der Waals surface area (Å²) in [5.41, 5.74) is 6.57. The Bertz CT molecular complexity index is 470. The van der Waals surface area contributed by atoms with Crippen LogP contribution in [-0.4, -0.2) is 28.2 Å². The molecule has 1 aromatic rings. The Labute approximate surface area is 112 Å². The van der Waals surface area contributed by atoms with E-state index in [0.717, 1.165) is 18.4 Å². The third-order valence-electron chi connectivity index (χ3n) is 3.55. The molecule has 1 aliphatic rings. The van der Waals surface area contributed by atoms with Crippen LogP contribution in [0.25, 0.3) is 0 Å². The minimum absolute atomic E-state index is 0.163. The van der Waals surface area contributed by atoms with E-state index in [1.54, 1.807) is 6.07 Å². The van der Waals surface area contributed by atoms with E-state index in [1.807, 2.05) is 0 Å². The highest BCUT2D eigenvalue weighted by atomic mass is 16.3. The number of carbonyl (C=O) groups is 1. The van der Waals surface area contributed by atoms with Crippen molar-refractivity contribution in [3.05, 3.63) is 23.8 Å². The zero-order valence-corrected chi connectivity index (χ0v) is 11.0. The van der Waals surface area contributed by atoms with Crippen molar-refractivity contribution in [1.82, 2.24) is 5.32 Å². The van der Waals surface area contributed by atoms with E-state index in [0.29, 0.717) is 12.3 Å². The van der Waals surface area contributed by atoms with E-state index in [1.165, 1.54) is 12.1 Å². The number of phenolic OH excluding ortho intramolecular Hbond substituents is 2. The number of aromatic hydroxyl groups is 2. The summed E-state index contributed by atoms with van der Waals surface area (Å²) in [6.07, 6.45) is 2.36. The lowest BCUT2D eigenvalue weighted by atomic mass is 9.82. The number of carbonyl (C=O) groups excluding carboxylic acids is 1. The maximum atomic E-state index is 11.9. The highest BCUT2D eigenvalue weighted by molar-refractivity contribution is 5.82. The molecular weight excluding hydrogens is 244 g/mol. The summed E-state index contributed by atoms with van der Waals surface area (Å²) in [5, 5.41) is 21.5. The van der Waals surface area contributed by atoms with Crippen molar-refractivity contribution in [2.45, 2.75) is 38.3 Å². The highest BCUT2D eigenvalue weighted by Gasteiger charge is 2.28. The molecule has 0 aliphatic heterocycles. The SMILES string of the molecule is CC1CC(NC(=O)[C@@H](N)Cc2ccc(O)c(O)c2)C1. The number of rotatable bonds is 4. The molecule has 1 aromatic carbocycles. The Morgan fingerprint density at radius 1 is 1.42 bits per heavy atom. The monoisotopic (exact) mass is 264 g/mol. The first-order valence-electron chi connectivity index (χ1n) is 6.52. The molecule has 0 saturated heterocycles. The summed E-state index contributed by atoms with van der Waals surface area (Å²) in [5.74, 6) is 0.142. The summed E-state index contributed by atoms with van der Waals surface area (Å²) >= 11 is 0. The Morgan fingerprint density at radius 2 is 2.11 bits per heavy atom. The summed E-state index contributed by atoms with van der Waals surface area (Å²) in [6.45, 7) is 2.15. The van der Waals surface area contributed by atoms with Gasteiger partial charge in [-0.15, -0.1) is 0 Å². The number of benzene rings is 1. The molecule has 1 fully saturated rings. The summed E-state index contributed by atoms with van der Waals surface area (Å²) in [6, 6.07) is 4.08. The minimum atomic E-state index is -0.639. The summed E-state index contributed by atoms with van der Waals surface area (Å²) in [4.78, 5) is 11.9. The molecular formula is C14H20N2O3. The smallest absolute Gasteiger partial charge is 0.237 e. The number of nitrogens with two attached hydrogens (primary N) is 1. The van der Waals surface area contributed by atoms with Crippen LogP contribution in [-0.2, 0) is 11.2 Å². The number of phenols is 2. The lowest BCUT2D eigenvalue weighted by Gasteiger charge is -2.34. The third-order valence-corrected chi connectivity index (χ3v) is 3.55. The van der Waals surface area contributed by atoms with Gasteiger partial charge in [-0.3, -0.25) is 4.79 Å². The topological polar surface area (TPSA) is 95.6 Å². The van der Waals surface area contributed by atoms with Gasteiger partial charge in [-0.25, -0.2) is 0 Å². The molecule has 1 saturated carbocycles. The number of amides is 1. The van der Waals surface area contributed by atoms with Gasteiger partial charge in [-0.1, -0.05) is 13.0 Å². The lowest BCUT2D eigenvalue weighted by molar-refractivity contribution is -0.123. The molecule has 19 heavy (non-hydrogen) atoms. The summed E-state index contributed by atoms with van der Waals surface area (Å²) < 4.78 is 0. The van der Waals surface area contributed by atoms with Crippen LogP contribution >= 0.6 is 0 Å². The molecule has 1 amide bonds. The Hall–Kier alpha value is -1.75. The molecule has 2 rings (SSSR count). The van der Waals surface area contributed by atoms with E-state index < -0.39 is 6.04 Å². The van der Waals surface area contributed by atoms with E-state index in [4.69, 9.17) is 5.73 Å². The zero-order chi connectivity index (χ0) is 14.0. The maximum absolute atomic E-state index is 11.9. The molecule has 0 unspecified atom stereocenters. The fourth-order valence-corrected chi connectivity index (χ4v) is 2.37. The quantitative estimate of drug-likeness (QED) is 0.607. The molecule has 0 bridgehead atoms. The molecule has 0 spiro atoms. The van der Waals surface area contributed by atoms with E-state index in [-0.39, 0.29) is 23.4 Å². The van der Waals surface area contributed by atoms with E-state index >= 15 is 0 Å². The first-order chi connectivity index (χ1) is 8.95. The van der Waals surface area contributed by atoms with Gasteiger partial charge >= 0.3 is 0 Å². The lowest BCUT2D eigenvalue weighted by Crippen LogP contribution is -2.50. The van der Waals surface area contributed by atoms with Gasteiger partial charge in [-0.05, 0) is 42.9 Å². The van der Waals surface area contributed by atoms with Crippen molar-refractivity contribution in [2.75, 3.05) is 0 Å². The van der Waals surface area contributed by atoms with Gasteiger partial charge in [0.1, 0.15) is 0 Å². The Morgan fingerprint density at radius 3 is 2.68 bits per heavy atom. The van der Waals surface area contributed by atoms with Crippen LogP contribution in [0.5, 0.6) is 11.5 Å². The molecule has 1 atom stereocenters. The van der Waals surface area contributed by atoms with Crippen molar-refractivity contribution in [1.29, 1.82) is 0 Å². The second-order valence-corrected chi connectivity index (χ2v) is 5.42. The molecule has 104 valence electrons. The molecule has 5 heteroatoms. The van der Waals surface area contributed by atoms with Gasteiger partial charge in [0.05, 0.1) is 6.04 Å². The van der Waals surface area contributed by atoms with Crippen LogP contribution in [0, 0.1) is 5.92 Å². The number of hydrogen-bond donors (Lipinski definition) is 4. The van der Waals surface area contributed by atoms with Crippen molar-refractivity contribution in [2.24, 2.45) is 11.7 Å². The van der Waals surface area contributed by atoms with Crippen molar-refractivity contribution in [3.8, 4) is 11.5 Å². The summed E-state index contributed by atoms with van der Waals surface area (Å²) in [7, 11) is 0. The second-order valence-electron chi connectivity index (χ2n) is 5.42. The largest absolute Gasteiger partial charge is 0.504 e. The van der Waals surface area contributed by atoms with Crippen LogP contribution < -0.4 is 11.1 Å². The first-order valence-corrected chi connectivity index (χ1v) is 6.52. The predicted octanol–water partition coefficient (Wildman–Crippen LogP) is 0.882. The molecule has 0 aromatic heterocycles.